The summed E-state index contributed by atoms with van der Waals surface area (Å²) in [7, 11) is 1.61. The van der Waals surface area contributed by atoms with Crippen molar-refractivity contribution < 1.29 is 19.0 Å². The Bertz CT molecular complexity index is 741. The first-order valence-corrected chi connectivity index (χ1v) is 8.00. The molecule has 0 aliphatic rings. The monoisotopic (exact) mass is 343 g/mol. The fourth-order valence-corrected chi connectivity index (χ4v) is 2.48. The summed E-state index contributed by atoms with van der Waals surface area (Å²) in [6.07, 6.45) is 1.22. The molecule has 0 spiro atoms. The number of rotatable bonds is 7. The van der Waals surface area contributed by atoms with E-state index >= 15 is 0 Å². The molecule has 0 saturated heterocycles. The highest BCUT2D eigenvalue weighted by atomic mass is 19.1. The molecule has 2 N–H and O–H groups in total. The lowest BCUT2D eigenvalue weighted by Crippen LogP contribution is -2.27. The first-order valence-electron chi connectivity index (χ1n) is 8.00. The largest absolute Gasteiger partial charge is 0.496 e. The van der Waals surface area contributed by atoms with Crippen molar-refractivity contribution in [3.05, 3.63) is 77.1 Å². The average Bonchev–Trinajstić information content (AvgIpc) is 2.60. The van der Waals surface area contributed by atoms with Crippen molar-refractivity contribution in [3.63, 3.8) is 0 Å². The molecule has 5 heteroatoms. The summed E-state index contributed by atoms with van der Waals surface area (Å²) in [5.74, 6) is 0.130. The van der Waals surface area contributed by atoms with E-state index in [-0.39, 0.29) is 18.3 Å². The van der Waals surface area contributed by atoms with Crippen molar-refractivity contribution in [2.45, 2.75) is 19.4 Å². The van der Waals surface area contributed by atoms with Crippen LogP contribution in [0.3, 0.4) is 0 Å². The Morgan fingerprint density at radius 2 is 1.92 bits per heavy atom. The molecule has 132 valence electrons. The van der Waals surface area contributed by atoms with Crippen LogP contribution in [0, 0.1) is 5.82 Å². The Morgan fingerprint density at radius 3 is 2.60 bits per heavy atom. The minimum Gasteiger partial charge on any atom is -0.496 e. The summed E-state index contributed by atoms with van der Waals surface area (Å²) in [6.45, 7) is 1.92. The number of methoxy groups -OCH3 is 1. The summed E-state index contributed by atoms with van der Waals surface area (Å²) >= 11 is 0. The number of carbonyl (C=O) groups is 1. The number of allylic oxidation sites excluding steroid dienone is 1. The Kier molecular flexibility index (Phi) is 6.71. The number of ether oxygens (including phenoxy) is 1. The zero-order valence-corrected chi connectivity index (χ0v) is 14.3. The van der Waals surface area contributed by atoms with Crippen LogP contribution in [0.15, 0.2) is 60.2 Å². The van der Waals surface area contributed by atoms with Crippen LogP contribution in [-0.2, 0) is 11.2 Å². The highest BCUT2D eigenvalue weighted by Crippen LogP contribution is 2.20. The second kappa shape index (κ2) is 8.99. The van der Waals surface area contributed by atoms with E-state index in [0.29, 0.717) is 12.0 Å². The molecule has 4 nitrogen and oxygen atoms in total. The van der Waals surface area contributed by atoms with Crippen molar-refractivity contribution in [2.75, 3.05) is 13.7 Å². The van der Waals surface area contributed by atoms with Gasteiger partial charge in [-0.25, -0.2) is 4.39 Å². The third-order valence-electron chi connectivity index (χ3n) is 3.76. The van der Waals surface area contributed by atoms with Crippen LogP contribution in [0.1, 0.15) is 24.2 Å². The predicted molar refractivity (Wildman–Crippen MR) is 94.8 cm³/mol. The molecule has 0 fully saturated rings. The Morgan fingerprint density at radius 1 is 1.24 bits per heavy atom. The second-order valence-corrected chi connectivity index (χ2v) is 5.79. The van der Waals surface area contributed by atoms with E-state index in [4.69, 9.17) is 4.74 Å². The lowest BCUT2D eigenvalue weighted by molar-refractivity contribution is -0.117. The van der Waals surface area contributed by atoms with E-state index in [1.807, 2.05) is 31.2 Å². The van der Waals surface area contributed by atoms with E-state index in [1.165, 1.54) is 30.3 Å². The Hall–Kier alpha value is -2.66. The smallest absolute Gasteiger partial charge is 0.244 e. The normalized spacial score (nSPS) is 12.6. The standard InChI is InChI=1S/C20H22FNO3/c1-14(11-16-5-3-4-6-19(16)25-2)12-20(24)22-13-18(23)15-7-9-17(21)10-8-15/h3-10,12,18,23H,11,13H2,1-2H3,(H,22,24)/b14-12+. The summed E-state index contributed by atoms with van der Waals surface area (Å²) in [4.78, 5) is 12.0. The van der Waals surface area contributed by atoms with Gasteiger partial charge in [-0.2, -0.15) is 0 Å². The van der Waals surface area contributed by atoms with Crippen LogP contribution in [-0.4, -0.2) is 24.7 Å². The lowest BCUT2D eigenvalue weighted by Gasteiger charge is -2.12. The van der Waals surface area contributed by atoms with Gasteiger partial charge in [-0.3, -0.25) is 4.79 Å². The summed E-state index contributed by atoms with van der Waals surface area (Å²) in [5, 5.41) is 12.7. The van der Waals surface area contributed by atoms with Crippen molar-refractivity contribution in [1.29, 1.82) is 0 Å². The molecule has 2 aromatic carbocycles. The number of carbonyl (C=O) groups excluding carboxylic acids is 1. The van der Waals surface area contributed by atoms with Crippen LogP contribution in [0.5, 0.6) is 5.75 Å². The summed E-state index contributed by atoms with van der Waals surface area (Å²) < 4.78 is 18.2. The quantitative estimate of drug-likeness (QED) is 0.759. The number of halogens is 1. The molecule has 0 aliphatic heterocycles. The van der Waals surface area contributed by atoms with Crippen LogP contribution in [0.2, 0.25) is 0 Å². The van der Waals surface area contributed by atoms with Crippen molar-refractivity contribution >= 4 is 5.91 Å². The molecule has 0 radical (unpaired) electrons. The summed E-state index contributed by atoms with van der Waals surface area (Å²) in [5.41, 5.74) is 2.42. The molecule has 2 rings (SSSR count). The van der Waals surface area contributed by atoms with Crippen LogP contribution in [0.25, 0.3) is 0 Å². The Balaban J connectivity index is 1.89. The lowest BCUT2D eigenvalue weighted by atomic mass is 10.0. The van der Waals surface area contributed by atoms with Crippen LogP contribution >= 0.6 is 0 Å². The van der Waals surface area contributed by atoms with Crippen LogP contribution < -0.4 is 10.1 Å². The third kappa shape index (κ3) is 5.72. The maximum atomic E-state index is 12.9. The van der Waals surface area contributed by atoms with Gasteiger partial charge < -0.3 is 15.2 Å². The van der Waals surface area contributed by atoms with Gasteiger partial charge in [0.1, 0.15) is 11.6 Å². The molecule has 0 aromatic heterocycles. The minimum absolute atomic E-state index is 0.0584. The van der Waals surface area contributed by atoms with Crippen molar-refractivity contribution in [2.24, 2.45) is 0 Å². The van der Waals surface area contributed by atoms with Gasteiger partial charge in [-0.05, 0) is 42.7 Å². The summed E-state index contributed by atoms with van der Waals surface area (Å²) in [6, 6.07) is 13.2. The topological polar surface area (TPSA) is 58.6 Å². The molecular formula is C20H22FNO3. The molecule has 25 heavy (non-hydrogen) atoms. The SMILES string of the molecule is COc1ccccc1C/C(C)=C/C(=O)NCC(O)c1ccc(F)cc1. The van der Waals surface area contributed by atoms with Gasteiger partial charge in [0, 0.05) is 12.6 Å². The zero-order valence-electron chi connectivity index (χ0n) is 14.3. The molecule has 1 unspecified atom stereocenters. The number of aliphatic hydroxyl groups excluding tert-OH is 1. The molecule has 0 aliphatic carbocycles. The van der Waals surface area contributed by atoms with E-state index in [2.05, 4.69) is 5.32 Å². The molecule has 0 bridgehead atoms. The molecule has 1 amide bonds. The van der Waals surface area contributed by atoms with E-state index in [0.717, 1.165) is 16.9 Å². The third-order valence-corrected chi connectivity index (χ3v) is 3.76. The first kappa shape index (κ1) is 18.7. The van der Waals surface area contributed by atoms with Gasteiger partial charge in [0.05, 0.1) is 13.2 Å². The van der Waals surface area contributed by atoms with Gasteiger partial charge >= 0.3 is 0 Å². The maximum absolute atomic E-state index is 12.9. The highest BCUT2D eigenvalue weighted by Gasteiger charge is 2.09. The van der Waals surface area contributed by atoms with E-state index in [9.17, 15) is 14.3 Å². The number of para-hydroxylation sites is 1. The van der Waals surface area contributed by atoms with Gasteiger partial charge in [-0.15, -0.1) is 0 Å². The zero-order chi connectivity index (χ0) is 18.2. The molecule has 0 heterocycles. The number of hydrogen-bond donors (Lipinski definition) is 2. The number of hydrogen-bond acceptors (Lipinski definition) is 3. The fraction of sp³-hybridized carbons (Fsp3) is 0.250. The predicted octanol–water partition coefficient (Wildman–Crippen LogP) is 3.17. The van der Waals surface area contributed by atoms with Gasteiger partial charge in [0.2, 0.25) is 5.91 Å². The average molecular weight is 343 g/mol. The van der Waals surface area contributed by atoms with Crippen LogP contribution in [0.4, 0.5) is 4.39 Å². The molecule has 1 atom stereocenters. The molecule has 2 aromatic rings. The number of amides is 1. The van der Waals surface area contributed by atoms with Crippen molar-refractivity contribution in [3.8, 4) is 5.75 Å². The number of aliphatic hydroxyl groups is 1. The molecular weight excluding hydrogens is 321 g/mol. The second-order valence-electron chi connectivity index (χ2n) is 5.79. The van der Waals surface area contributed by atoms with Gasteiger partial charge in [0.25, 0.3) is 0 Å². The minimum atomic E-state index is -0.882. The van der Waals surface area contributed by atoms with E-state index in [1.54, 1.807) is 7.11 Å². The van der Waals surface area contributed by atoms with Gasteiger partial charge in [0.15, 0.2) is 0 Å². The number of benzene rings is 2. The van der Waals surface area contributed by atoms with E-state index < -0.39 is 6.10 Å². The fourth-order valence-electron chi connectivity index (χ4n) is 2.48. The number of nitrogens with one attached hydrogen (secondary N) is 1. The maximum Gasteiger partial charge on any atom is 0.244 e. The Labute approximate surface area is 147 Å². The highest BCUT2D eigenvalue weighted by molar-refractivity contribution is 5.88. The van der Waals surface area contributed by atoms with Crippen molar-refractivity contribution in [1.82, 2.24) is 5.32 Å². The first-order chi connectivity index (χ1) is 12.0. The van der Waals surface area contributed by atoms with Gasteiger partial charge in [-0.1, -0.05) is 35.9 Å². The molecule has 0 saturated carbocycles.